The van der Waals surface area contributed by atoms with E-state index in [0.717, 1.165) is 17.8 Å². The molecule has 1 aromatic heterocycles. The van der Waals surface area contributed by atoms with Gasteiger partial charge in [0.2, 0.25) is 5.91 Å². The third-order valence-electron chi connectivity index (χ3n) is 3.57. The lowest BCUT2D eigenvalue weighted by Gasteiger charge is -2.11. The molecule has 1 aromatic rings. The van der Waals surface area contributed by atoms with Crippen LogP contribution in [0.15, 0.2) is 0 Å². The van der Waals surface area contributed by atoms with E-state index in [2.05, 4.69) is 10.3 Å². The monoisotopic (exact) mass is 336 g/mol. The highest BCUT2D eigenvalue weighted by Crippen LogP contribution is 2.29. The highest BCUT2D eigenvalue weighted by Gasteiger charge is 2.43. The maximum atomic E-state index is 12.0. The molecule has 2 aliphatic rings. The lowest BCUT2D eigenvalue weighted by molar-refractivity contribution is -0.143. The second-order valence-corrected chi connectivity index (χ2v) is 6.16. The predicted octanol–water partition coefficient (Wildman–Crippen LogP) is 0.0212. The Labute approximate surface area is 134 Å². The van der Waals surface area contributed by atoms with Crippen molar-refractivity contribution in [1.82, 2.24) is 14.8 Å². The Morgan fingerprint density at radius 3 is 2.57 bits per heavy atom. The van der Waals surface area contributed by atoms with E-state index >= 15 is 0 Å². The SMILES string of the molecule is CN1C(=O)C(=O)N(CC(=O)Nc2nc3c(s2)C(=O)CCC3)C1=O. The van der Waals surface area contributed by atoms with Crippen molar-refractivity contribution in [2.45, 2.75) is 19.3 Å². The number of nitrogens with zero attached hydrogens (tertiary/aromatic N) is 3. The number of carbonyl (C=O) groups is 5. The van der Waals surface area contributed by atoms with Gasteiger partial charge in [0.15, 0.2) is 10.9 Å². The van der Waals surface area contributed by atoms with Crippen LogP contribution in [0.3, 0.4) is 0 Å². The second kappa shape index (κ2) is 5.54. The number of nitrogens with one attached hydrogen (secondary N) is 1. The number of rotatable bonds is 3. The quantitative estimate of drug-likeness (QED) is 0.614. The van der Waals surface area contributed by atoms with Crippen molar-refractivity contribution in [3.8, 4) is 0 Å². The molecule has 0 atom stereocenters. The number of aromatic nitrogens is 1. The molecule has 0 radical (unpaired) electrons. The Balaban J connectivity index is 1.69. The average Bonchev–Trinajstić information content (AvgIpc) is 2.99. The van der Waals surface area contributed by atoms with Crippen LogP contribution in [0.1, 0.15) is 28.2 Å². The summed E-state index contributed by atoms with van der Waals surface area (Å²) >= 11 is 1.07. The lowest BCUT2D eigenvalue weighted by Crippen LogP contribution is -2.38. The number of imide groups is 2. The smallest absolute Gasteiger partial charge is 0.300 e. The summed E-state index contributed by atoms with van der Waals surface area (Å²) in [6.07, 6.45) is 1.87. The number of hydrogen-bond acceptors (Lipinski definition) is 7. The van der Waals surface area contributed by atoms with Crippen molar-refractivity contribution in [2.24, 2.45) is 0 Å². The minimum atomic E-state index is -1.04. The summed E-state index contributed by atoms with van der Waals surface area (Å²) in [6, 6.07) is -0.844. The molecule has 120 valence electrons. The van der Waals surface area contributed by atoms with Gasteiger partial charge in [0.1, 0.15) is 6.54 Å². The number of amides is 5. The highest BCUT2D eigenvalue weighted by atomic mass is 32.1. The molecule has 2 heterocycles. The molecular formula is C13H12N4O5S. The number of anilines is 1. The van der Waals surface area contributed by atoms with Gasteiger partial charge in [0.25, 0.3) is 0 Å². The van der Waals surface area contributed by atoms with Gasteiger partial charge in [-0.2, -0.15) is 0 Å². The molecule has 1 N–H and O–H groups in total. The molecule has 0 unspecified atom stereocenters. The number of ketones is 1. The van der Waals surface area contributed by atoms with Crippen molar-refractivity contribution in [2.75, 3.05) is 18.9 Å². The highest BCUT2D eigenvalue weighted by molar-refractivity contribution is 7.17. The Morgan fingerprint density at radius 1 is 1.22 bits per heavy atom. The van der Waals surface area contributed by atoms with Gasteiger partial charge in [-0.25, -0.2) is 14.7 Å². The minimum absolute atomic E-state index is 0.00127. The van der Waals surface area contributed by atoms with Crippen LogP contribution >= 0.6 is 11.3 Å². The first-order valence-corrected chi connectivity index (χ1v) is 7.66. The third kappa shape index (κ3) is 2.61. The Bertz CT molecular complexity index is 756. The van der Waals surface area contributed by atoms with Gasteiger partial charge in [0.05, 0.1) is 10.6 Å². The Hall–Kier alpha value is -2.62. The molecule has 0 aromatic carbocycles. The van der Waals surface area contributed by atoms with Gasteiger partial charge in [-0.05, 0) is 12.8 Å². The van der Waals surface area contributed by atoms with Crippen LogP contribution in [0.2, 0.25) is 0 Å². The first-order chi connectivity index (χ1) is 10.9. The molecule has 1 aliphatic carbocycles. The van der Waals surface area contributed by atoms with Crippen molar-refractivity contribution >= 4 is 46.0 Å². The number of thiazole rings is 1. The summed E-state index contributed by atoms with van der Waals surface area (Å²) in [6.45, 7) is -0.577. The summed E-state index contributed by atoms with van der Waals surface area (Å²) in [4.78, 5) is 64.3. The fraction of sp³-hybridized carbons (Fsp3) is 0.385. The van der Waals surface area contributed by atoms with Crippen LogP contribution in [0, 0.1) is 0 Å². The zero-order valence-corrected chi connectivity index (χ0v) is 12.9. The van der Waals surface area contributed by atoms with E-state index < -0.39 is 30.3 Å². The number of likely N-dealkylation sites (N-methyl/N-ethyl adjacent to an activating group) is 1. The van der Waals surface area contributed by atoms with Crippen LogP contribution in [-0.2, 0) is 20.8 Å². The topological polar surface area (TPSA) is 117 Å². The summed E-state index contributed by atoms with van der Waals surface area (Å²) in [7, 11) is 1.17. The Morgan fingerprint density at radius 2 is 1.96 bits per heavy atom. The van der Waals surface area contributed by atoms with E-state index in [-0.39, 0.29) is 10.9 Å². The second-order valence-electron chi connectivity index (χ2n) is 5.16. The van der Waals surface area contributed by atoms with Crippen LogP contribution in [0.5, 0.6) is 0 Å². The third-order valence-corrected chi connectivity index (χ3v) is 4.62. The number of aryl methyl sites for hydroxylation is 1. The van der Waals surface area contributed by atoms with Crippen molar-refractivity contribution < 1.29 is 24.0 Å². The van der Waals surface area contributed by atoms with E-state index in [9.17, 15) is 24.0 Å². The van der Waals surface area contributed by atoms with Crippen molar-refractivity contribution in [1.29, 1.82) is 0 Å². The van der Waals surface area contributed by atoms with Gasteiger partial charge in [0, 0.05) is 13.5 Å². The van der Waals surface area contributed by atoms with Crippen LogP contribution in [-0.4, -0.2) is 57.9 Å². The van der Waals surface area contributed by atoms with E-state index in [4.69, 9.17) is 0 Å². The zero-order chi connectivity index (χ0) is 16.7. The molecule has 1 fully saturated rings. The molecule has 23 heavy (non-hydrogen) atoms. The number of Topliss-reactive ketones (excluding diaryl/α,β-unsaturated/α-hetero) is 1. The molecule has 1 saturated heterocycles. The van der Waals surface area contributed by atoms with Crippen LogP contribution in [0.4, 0.5) is 9.93 Å². The molecule has 5 amide bonds. The maximum absolute atomic E-state index is 12.0. The van der Waals surface area contributed by atoms with Gasteiger partial charge >= 0.3 is 17.8 Å². The van der Waals surface area contributed by atoms with E-state index in [0.29, 0.717) is 33.2 Å². The number of carbonyl (C=O) groups excluding carboxylic acids is 5. The van der Waals surface area contributed by atoms with Crippen LogP contribution < -0.4 is 5.32 Å². The molecule has 3 rings (SSSR count). The average molecular weight is 336 g/mol. The van der Waals surface area contributed by atoms with Gasteiger partial charge in [-0.1, -0.05) is 11.3 Å². The molecule has 1 aliphatic heterocycles. The normalized spacial score (nSPS) is 17.8. The maximum Gasteiger partial charge on any atom is 0.334 e. The van der Waals surface area contributed by atoms with Crippen LogP contribution in [0.25, 0.3) is 0 Å². The molecule has 0 spiro atoms. The fourth-order valence-corrected chi connectivity index (χ4v) is 3.37. The number of urea groups is 1. The van der Waals surface area contributed by atoms with Gasteiger partial charge in [-0.3, -0.25) is 24.1 Å². The molecule has 0 saturated carbocycles. The molecule has 0 bridgehead atoms. The Kier molecular flexibility index (Phi) is 3.68. The zero-order valence-electron chi connectivity index (χ0n) is 12.1. The summed E-state index contributed by atoms with van der Waals surface area (Å²) < 4.78 is 0. The number of hydrogen-bond donors (Lipinski definition) is 1. The lowest BCUT2D eigenvalue weighted by atomic mass is 10.0. The summed E-state index contributed by atoms with van der Waals surface area (Å²) in [5.74, 6) is -2.67. The van der Waals surface area contributed by atoms with Gasteiger partial charge in [-0.15, -0.1) is 0 Å². The molecule has 10 heteroatoms. The first-order valence-electron chi connectivity index (χ1n) is 6.84. The van der Waals surface area contributed by atoms with E-state index in [1.807, 2.05) is 0 Å². The van der Waals surface area contributed by atoms with Crippen molar-refractivity contribution in [3.63, 3.8) is 0 Å². The standard InChI is InChI=1S/C13H12N4O5S/c1-16-10(20)11(21)17(13(16)22)5-8(19)15-12-14-6-3-2-4-7(18)9(6)23-12/h2-5H2,1H3,(H,14,15,19). The summed E-state index contributed by atoms with van der Waals surface area (Å²) in [5.41, 5.74) is 0.657. The predicted molar refractivity (Wildman–Crippen MR) is 77.9 cm³/mol. The first kappa shape index (κ1) is 15.3. The minimum Gasteiger partial charge on any atom is -0.300 e. The van der Waals surface area contributed by atoms with E-state index in [1.54, 1.807) is 0 Å². The summed E-state index contributed by atoms with van der Waals surface area (Å²) in [5, 5.41) is 2.70. The largest absolute Gasteiger partial charge is 0.334 e. The van der Waals surface area contributed by atoms with E-state index in [1.165, 1.54) is 7.05 Å². The van der Waals surface area contributed by atoms with Crippen molar-refractivity contribution in [3.05, 3.63) is 10.6 Å². The van der Waals surface area contributed by atoms with Gasteiger partial charge < -0.3 is 5.32 Å². The molecule has 9 nitrogen and oxygen atoms in total. The fourth-order valence-electron chi connectivity index (χ4n) is 2.38. The molecular weight excluding hydrogens is 324 g/mol. The number of fused-ring (bicyclic) bond motifs is 1.